The predicted molar refractivity (Wildman–Crippen MR) is 122 cm³/mol. The minimum atomic E-state index is -0.369. The second-order valence-electron chi connectivity index (χ2n) is 8.33. The zero-order valence-electron chi connectivity index (χ0n) is 18.3. The average molecular weight is 431 g/mol. The first-order chi connectivity index (χ1) is 15.6. The fourth-order valence-electron chi connectivity index (χ4n) is 4.52. The number of rotatable bonds is 5. The Balaban J connectivity index is 1.64. The fourth-order valence-corrected chi connectivity index (χ4v) is 4.52. The monoisotopic (exact) mass is 430 g/mol. The topological polar surface area (TPSA) is 88.9 Å². The summed E-state index contributed by atoms with van der Waals surface area (Å²) in [6.07, 6.45) is 0. The number of nitrogens with one attached hydrogen (secondary N) is 1. The Hall–Kier alpha value is -3.36. The van der Waals surface area contributed by atoms with Gasteiger partial charge in [-0.2, -0.15) is 0 Å². The Morgan fingerprint density at radius 1 is 1.09 bits per heavy atom. The number of aromatic amines is 1. The van der Waals surface area contributed by atoms with E-state index in [1.807, 2.05) is 43.3 Å². The quantitative estimate of drug-likeness (QED) is 0.524. The third-order valence-corrected chi connectivity index (χ3v) is 6.01. The van der Waals surface area contributed by atoms with E-state index in [0.717, 1.165) is 27.6 Å². The van der Waals surface area contributed by atoms with Crippen molar-refractivity contribution in [3.8, 4) is 0 Å². The Morgan fingerprint density at radius 3 is 2.66 bits per heavy atom. The van der Waals surface area contributed by atoms with Crippen molar-refractivity contribution in [3.05, 3.63) is 87.0 Å². The van der Waals surface area contributed by atoms with Crippen LogP contribution in [0.5, 0.6) is 0 Å². The first kappa shape index (κ1) is 20.5. The van der Waals surface area contributed by atoms with Gasteiger partial charge in [0, 0.05) is 18.7 Å². The number of tetrazole rings is 1. The second kappa shape index (κ2) is 8.64. The van der Waals surface area contributed by atoms with Crippen molar-refractivity contribution in [2.45, 2.75) is 26.4 Å². The molecule has 1 saturated heterocycles. The van der Waals surface area contributed by atoms with Gasteiger partial charge < -0.3 is 9.72 Å². The fraction of sp³-hybridized carbons (Fsp3) is 0.333. The molecule has 0 radical (unpaired) electrons. The summed E-state index contributed by atoms with van der Waals surface area (Å²) < 4.78 is 7.37. The normalized spacial score (nSPS) is 15.8. The van der Waals surface area contributed by atoms with E-state index in [-0.39, 0.29) is 11.6 Å². The van der Waals surface area contributed by atoms with Crippen LogP contribution in [0.15, 0.2) is 53.3 Å². The lowest BCUT2D eigenvalue weighted by Gasteiger charge is -2.33. The van der Waals surface area contributed by atoms with Gasteiger partial charge in [-0.15, -0.1) is 5.10 Å². The number of benzene rings is 2. The number of morpholine rings is 1. The largest absolute Gasteiger partial charge is 0.379 e. The van der Waals surface area contributed by atoms with Gasteiger partial charge in [0.2, 0.25) is 0 Å². The number of fused-ring (bicyclic) bond motifs is 1. The van der Waals surface area contributed by atoms with Crippen molar-refractivity contribution in [1.82, 2.24) is 30.1 Å². The SMILES string of the molecule is Cc1cc(C)c2[nH]c(=O)c([C@H](c3nnnn3Cc3ccccc3)N3CCOCC3)cc2c1. The van der Waals surface area contributed by atoms with E-state index in [9.17, 15) is 4.79 Å². The summed E-state index contributed by atoms with van der Waals surface area (Å²) in [6, 6.07) is 15.9. The Morgan fingerprint density at radius 2 is 1.88 bits per heavy atom. The molecule has 3 heterocycles. The van der Waals surface area contributed by atoms with Gasteiger partial charge in [-0.05, 0) is 52.9 Å². The van der Waals surface area contributed by atoms with E-state index in [1.54, 1.807) is 4.68 Å². The summed E-state index contributed by atoms with van der Waals surface area (Å²) in [4.78, 5) is 18.7. The molecule has 0 spiro atoms. The molecule has 1 aliphatic rings. The molecule has 1 aliphatic heterocycles. The number of nitrogens with zero attached hydrogens (tertiary/aromatic N) is 5. The summed E-state index contributed by atoms with van der Waals surface area (Å²) in [5.41, 5.74) is 4.71. The minimum Gasteiger partial charge on any atom is -0.379 e. The molecule has 2 aromatic carbocycles. The lowest BCUT2D eigenvalue weighted by atomic mass is 10.0. The summed E-state index contributed by atoms with van der Waals surface area (Å²) >= 11 is 0. The molecule has 0 aliphatic carbocycles. The third-order valence-electron chi connectivity index (χ3n) is 6.01. The van der Waals surface area contributed by atoms with Gasteiger partial charge in [-0.3, -0.25) is 9.69 Å². The highest BCUT2D eigenvalue weighted by atomic mass is 16.5. The maximum atomic E-state index is 13.3. The average Bonchev–Trinajstić information content (AvgIpc) is 3.24. The van der Waals surface area contributed by atoms with Gasteiger partial charge in [0.15, 0.2) is 5.82 Å². The van der Waals surface area contributed by atoms with Crippen molar-refractivity contribution < 1.29 is 4.74 Å². The van der Waals surface area contributed by atoms with Crippen LogP contribution in [-0.4, -0.2) is 56.4 Å². The highest BCUT2D eigenvalue weighted by molar-refractivity contribution is 5.83. The van der Waals surface area contributed by atoms with Crippen LogP contribution in [0.3, 0.4) is 0 Å². The predicted octanol–water partition coefficient (Wildman–Crippen LogP) is 2.60. The second-order valence-corrected chi connectivity index (χ2v) is 8.33. The van der Waals surface area contributed by atoms with Gasteiger partial charge >= 0.3 is 0 Å². The highest BCUT2D eigenvalue weighted by Gasteiger charge is 2.31. The van der Waals surface area contributed by atoms with Gasteiger partial charge in [0.25, 0.3) is 5.56 Å². The third kappa shape index (κ3) is 3.94. The number of aryl methyl sites for hydroxylation is 2. The molecule has 1 N–H and O–H groups in total. The molecule has 4 aromatic rings. The molecular formula is C24H26N6O2. The molecule has 0 amide bonds. The van der Waals surface area contributed by atoms with E-state index in [2.05, 4.69) is 44.5 Å². The number of pyridine rings is 1. The summed E-state index contributed by atoms with van der Waals surface area (Å²) in [5, 5.41) is 13.6. The lowest BCUT2D eigenvalue weighted by molar-refractivity contribution is 0.0214. The standard InChI is InChI=1S/C24H26N6O2/c1-16-12-17(2)21-19(13-16)14-20(24(31)25-21)22(29-8-10-32-11-9-29)23-26-27-28-30(23)15-18-6-4-3-5-7-18/h3-7,12-14,22H,8-11,15H2,1-2H3,(H,25,31)/t22-/m1/s1. The molecule has 1 atom stereocenters. The van der Waals surface area contributed by atoms with Crippen LogP contribution < -0.4 is 5.56 Å². The highest BCUT2D eigenvalue weighted by Crippen LogP contribution is 2.28. The Kier molecular flexibility index (Phi) is 5.55. The summed E-state index contributed by atoms with van der Waals surface area (Å²) in [6.45, 7) is 7.25. The van der Waals surface area contributed by atoms with E-state index in [1.165, 1.54) is 0 Å². The van der Waals surface area contributed by atoms with Crippen LogP contribution in [0, 0.1) is 13.8 Å². The van der Waals surface area contributed by atoms with Crippen molar-refractivity contribution in [3.63, 3.8) is 0 Å². The van der Waals surface area contributed by atoms with E-state index >= 15 is 0 Å². The van der Waals surface area contributed by atoms with E-state index < -0.39 is 0 Å². The lowest BCUT2D eigenvalue weighted by Crippen LogP contribution is -2.42. The van der Waals surface area contributed by atoms with Crippen molar-refractivity contribution in [2.75, 3.05) is 26.3 Å². The van der Waals surface area contributed by atoms with Gasteiger partial charge in [0.1, 0.15) is 6.04 Å². The van der Waals surface area contributed by atoms with Crippen molar-refractivity contribution >= 4 is 10.9 Å². The molecule has 8 nitrogen and oxygen atoms in total. The maximum absolute atomic E-state index is 13.3. The Bertz CT molecular complexity index is 1290. The molecule has 0 bridgehead atoms. The van der Waals surface area contributed by atoms with Crippen LogP contribution in [-0.2, 0) is 11.3 Å². The smallest absolute Gasteiger partial charge is 0.253 e. The number of hydrogen-bond acceptors (Lipinski definition) is 6. The first-order valence-corrected chi connectivity index (χ1v) is 10.9. The van der Waals surface area contributed by atoms with Crippen LogP contribution in [0.2, 0.25) is 0 Å². The zero-order valence-corrected chi connectivity index (χ0v) is 18.3. The Labute approximate surface area is 185 Å². The first-order valence-electron chi connectivity index (χ1n) is 10.9. The minimum absolute atomic E-state index is 0.116. The van der Waals surface area contributed by atoms with Crippen molar-refractivity contribution in [1.29, 1.82) is 0 Å². The zero-order chi connectivity index (χ0) is 22.1. The van der Waals surface area contributed by atoms with Crippen LogP contribution in [0.25, 0.3) is 10.9 Å². The van der Waals surface area contributed by atoms with Crippen LogP contribution in [0.1, 0.15) is 34.1 Å². The van der Waals surface area contributed by atoms with Crippen molar-refractivity contribution in [2.24, 2.45) is 0 Å². The summed E-state index contributed by atoms with van der Waals surface area (Å²) in [5.74, 6) is 0.657. The molecule has 5 rings (SSSR count). The number of aromatic nitrogens is 5. The van der Waals surface area contributed by atoms with E-state index in [0.29, 0.717) is 44.2 Å². The van der Waals surface area contributed by atoms with Gasteiger partial charge in [-0.25, -0.2) is 4.68 Å². The van der Waals surface area contributed by atoms with Crippen LogP contribution >= 0.6 is 0 Å². The number of ether oxygens (including phenoxy) is 1. The van der Waals surface area contributed by atoms with Gasteiger partial charge in [-0.1, -0.05) is 42.0 Å². The molecule has 0 unspecified atom stereocenters. The maximum Gasteiger partial charge on any atom is 0.253 e. The molecule has 0 saturated carbocycles. The van der Waals surface area contributed by atoms with E-state index in [4.69, 9.17) is 4.74 Å². The van der Waals surface area contributed by atoms with Gasteiger partial charge in [0.05, 0.1) is 25.3 Å². The molecule has 2 aromatic heterocycles. The molecule has 32 heavy (non-hydrogen) atoms. The molecule has 1 fully saturated rings. The molecule has 8 heteroatoms. The number of hydrogen-bond donors (Lipinski definition) is 1. The summed E-state index contributed by atoms with van der Waals surface area (Å²) in [7, 11) is 0. The van der Waals surface area contributed by atoms with Crippen LogP contribution in [0.4, 0.5) is 0 Å². The molecule has 164 valence electrons. The number of H-pyrrole nitrogens is 1. The molecular weight excluding hydrogens is 404 g/mol.